The van der Waals surface area contributed by atoms with Gasteiger partial charge < -0.3 is 4.42 Å². The Morgan fingerprint density at radius 2 is 1.96 bits per heavy atom. The lowest BCUT2D eigenvalue weighted by molar-refractivity contribution is -0.114. The zero-order valence-electron chi connectivity index (χ0n) is 12.0. The van der Waals surface area contributed by atoms with Crippen LogP contribution >= 0.6 is 11.6 Å². The smallest absolute Gasteiger partial charge is 0.267 e. The fourth-order valence-corrected chi connectivity index (χ4v) is 2.29. The number of hydrogen-bond acceptors (Lipinski definition) is 5. The fraction of sp³-hybridized carbons (Fsp3) is 0.125. The Bertz CT molecular complexity index is 823. The summed E-state index contributed by atoms with van der Waals surface area (Å²) in [5.74, 6) is -0.783. The summed E-state index contributed by atoms with van der Waals surface area (Å²) in [5, 5.41) is 6.69. The van der Waals surface area contributed by atoms with E-state index in [4.69, 9.17) is 16.0 Å². The monoisotopic (exact) mass is 329 g/mol. The number of rotatable bonds is 6. The predicted molar refractivity (Wildman–Crippen MR) is 82.4 cm³/mol. The molecule has 0 aliphatic heterocycles. The number of H-pyrrole nitrogens is 1. The van der Waals surface area contributed by atoms with Gasteiger partial charge in [-0.1, -0.05) is 23.7 Å². The molecular weight excluding hydrogens is 318 g/mol. The highest BCUT2D eigenvalue weighted by atomic mass is 35.5. The van der Waals surface area contributed by atoms with Crippen LogP contribution in [0.4, 0.5) is 0 Å². The number of furan rings is 1. The third-order valence-corrected chi connectivity index (χ3v) is 3.59. The molecule has 0 fully saturated rings. The second kappa shape index (κ2) is 6.58. The molecule has 0 spiro atoms. The maximum Gasteiger partial charge on any atom is 0.267 e. The van der Waals surface area contributed by atoms with Gasteiger partial charge in [-0.3, -0.25) is 14.7 Å². The summed E-state index contributed by atoms with van der Waals surface area (Å²) < 4.78 is 5.44. The molecule has 23 heavy (non-hydrogen) atoms. The van der Waals surface area contributed by atoms with Gasteiger partial charge in [-0.15, -0.1) is 5.10 Å². The number of aromatic amines is 1. The van der Waals surface area contributed by atoms with Crippen molar-refractivity contribution in [2.75, 3.05) is 0 Å². The normalized spacial score (nSPS) is 10.7. The molecular formula is C16H12ClN3O3. The van der Waals surface area contributed by atoms with Crippen molar-refractivity contribution in [1.82, 2.24) is 15.2 Å². The molecule has 6 nitrogen and oxygen atoms in total. The molecule has 0 aliphatic rings. The SMILES string of the molecule is O=C(Cc1ccoc1Cc1ccc(Cl)cc1)C(=O)c1nc[nH]n1. The van der Waals surface area contributed by atoms with Crippen molar-refractivity contribution in [2.45, 2.75) is 12.8 Å². The van der Waals surface area contributed by atoms with Crippen molar-refractivity contribution in [3.8, 4) is 0 Å². The second-order valence-corrected chi connectivity index (χ2v) is 5.36. The molecule has 2 aromatic heterocycles. The van der Waals surface area contributed by atoms with Crippen LogP contribution in [0.3, 0.4) is 0 Å². The Morgan fingerprint density at radius 3 is 2.65 bits per heavy atom. The average molecular weight is 330 g/mol. The number of ketones is 2. The number of halogens is 1. The van der Waals surface area contributed by atoms with Crippen molar-refractivity contribution in [1.29, 1.82) is 0 Å². The quantitative estimate of drug-likeness (QED) is 0.554. The van der Waals surface area contributed by atoms with E-state index < -0.39 is 11.6 Å². The largest absolute Gasteiger partial charge is 0.469 e. The minimum absolute atomic E-state index is 0.0488. The molecule has 0 saturated carbocycles. The van der Waals surface area contributed by atoms with Crippen LogP contribution < -0.4 is 0 Å². The third-order valence-electron chi connectivity index (χ3n) is 3.34. The Balaban J connectivity index is 1.72. The van der Waals surface area contributed by atoms with Crippen LogP contribution in [0.1, 0.15) is 27.5 Å². The van der Waals surface area contributed by atoms with Crippen LogP contribution in [0.25, 0.3) is 0 Å². The van der Waals surface area contributed by atoms with Crippen molar-refractivity contribution >= 4 is 23.2 Å². The lowest BCUT2D eigenvalue weighted by Crippen LogP contribution is -2.18. The Hall–Kier alpha value is -2.73. The maximum absolute atomic E-state index is 12.1. The molecule has 2 heterocycles. The van der Waals surface area contributed by atoms with E-state index in [0.717, 1.165) is 5.56 Å². The van der Waals surface area contributed by atoms with Crippen molar-refractivity contribution in [3.63, 3.8) is 0 Å². The van der Waals surface area contributed by atoms with Crippen LogP contribution in [-0.4, -0.2) is 26.7 Å². The Labute approximate surface area is 136 Å². The number of nitrogens with one attached hydrogen (secondary N) is 1. The highest BCUT2D eigenvalue weighted by molar-refractivity contribution is 6.43. The first-order valence-electron chi connectivity index (χ1n) is 6.86. The molecule has 0 bridgehead atoms. The number of Topliss-reactive ketones (excluding diaryl/α,β-unsaturated/α-hetero) is 2. The second-order valence-electron chi connectivity index (χ2n) is 4.92. The first-order valence-corrected chi connectivity index (χ1v) is 7.24. The number of aromatic nitrogens is 3. The number of nitrogens with zero attached hydrogens (tertiary/aromatic N) is 2. The zero-order valence-corrected chi connectivity index (χ0v) is 12.7. The molecule has 3 rings (SSSR count). The number of carbonyl (C=O) groups excluding carboxylic acids is 2. The molecule has 0 amide bonds. The van der Waals surface area contributed by atoms with Crippen LogP contribution in [-0.2, 0) is 17.6 Å². The van der Waals surface area contributed by atoms with Crippen molar-refractivity contribution in [2.24, 2.45) is 0 Å². The number of carbonyl (C=O) groups is 2. The van der Waals surface area contributed by atoms with Gasteiger partial charge >= 0.3 is 0 Å². The topological polar surface area (TPSA) is 88.9 Å². The van der Waals surface area contributed by atoms with Gasteiger partial charge in [0.15, 0.2) is 0 Å². The molecule has 3 aromatic rings. The van der Waals surface area contributed by atoms with Crippen LogP contribution in [0, 0.1) is 0 Å². The minimum atomic E-state index is -0.718. The number of hydrogen-bond donors (Lipinski definition) is 1. The molecule has 1 N–H and O–H groups in total. The van der Waals surface area contributed by atoms with E-state index >= 15 is 0 Å². The van der Waals surface area contributed by atoms with Gasteiger partial charge in [0, 0.05) is 23.4 Å². The van der Waals surface area contributed by atoms with Crippen molar-refractivity contribution in [3.05, 3.63) is 70.7 Å². The first kappa shape index (κ1) is 15.2. The Morgan fingerprint density at radius 1 is 1.17 bits per heavy atom. The van der Waals surface area contributed by atoms with E-state index in [9.17, 15) is 9.59 Å². The van der Waals surface area contributed by atoms with Gasteiger partial charge in [0.1, 0.15) is 12.1 Å². The van der Waals surface area contributed by atoms with Gasteiger partial charge in [-0.05, 0) is 23.8 Å². The van der Waals surface area contributed by atoms with Gasteiger partial charge in [0.2, 0.25) is 11.6 Å². The third kappa shape index (κ3) is 3.54. The molecule has 0 atom stereocenters. The zero-order chi connectivity index (χ0) is 16.2. The molecule has 116 valence electrons. The van der Waals surface area contributed by atoms with Crippen LogP contribution in [0.5, 0.6) is 0 Å². The standard InChI is InChI=1S/C16H12ClN3O3/c17-12-3-1-10(2-4-12)7-14-11(5-6-23-14)8-13(21)15(22)16-18-9-19-20-16/h1-6,9H,7-8H2,(H,18,19,20). The van der Waals surface area contributed by atoms with E-state index in [0.29, 0.717) is 22.8 Å². The van der Waals surface area contributed by atoms with E-state index in [1.807, 2.05) is 12.1 Å². The highest BCUT2D eigenvalue weighted by Crippen LogP contribution is 2.18. The summed E-state index contributed by atoms with van der Waals surface area (Å²) in [6, 6.07) is 9.04. The summed E-state index contributed by atoms with van der Waals surface area (Å²) in [6.45, 7) is 0. The molecule has 7 heteroatoms. The van der Waals surface area contributed by atoms with Gasteiger partial charge in [0.25, 0.3) is 5.78 Å². The number of benzene rings is 1. The summed E-state index contributed by atoms with van der Waals surface area (Å²) in [5.41, 5.74) is 1.67. The van der Waals surface area contributed by atoms with Crippen LogP contribution in [0.2, 0.25) is 5.02 Å². The van der Waals surface area contributed by atoms with E-state index in [1.165, 1.54) is 12.6 Å². The molecule has 1 aromatic carbocycles. The highest BCUT2D eigenvalue weighted by Gasteiger charge is 2.22. The molecule has 0 aliphatic carbocycles. The fourth-order valence-electron chi connectivity index (χ4n) is 2.16. The summed E-state index contributed by atoms with van der Waals surface area (Å²) >= 11 is 5.86. The van der Waals surface area contributed by atoms with E-state index in [-0.39, 0.29) is 12.2 Å². The molecule has 0 unspecified atom stereocenters. The van der Waals surface area contributed by atoms with E-state index in [2.05, 4.69) is 15.2 Å². The lowest BCUT2D eigenvalue weighted by atomic mass is 10.0. The predicted octanol–water partition coefficient (Wildman–Crippen LogP) is 2.64. The Kier molecular flexibility index (Phi) is 4.34. The lowest BCUT2D eigenvalue weighted by Gasteiger charge is -2.02. The molecule has 0 radical (unpaired) electrons. The first-order chi connectivity index (χ1) is 11.1. The van der Waals surface area contributed by atoms with Crippen molar-refractivity contribution < 1.29 is 14.0 Å². The van der Waals surface area contributed by atoms with Crippen LogP contribution in [0.15, 0.2) is 47.3 Å². The summed E-state index contributed by atoms with van der Waals surface area (Å²) in [7, 11) is 0. The van der Waals surface area contributed by atoms with Gasteiger partial charge in [0.05, 0.1) is 6.26 Å². The summed E-state index contributed by atoms with van der Waals surface area (Å²) in [6.07, 6.45) is 3.23. The van der Waals surface area contributed by atoms with Gasteiger partial charge in [-0.25, -0.2) is 4.98 Å². The van der Waals surface area contributed by atoms with E-state index in [1.54, 1.807) is 18.2 Å². The average Bonchev–Trinajstić information content (AvgIpc) is 3.21. The minimum Gasteiger partial charge on any atom is -0.469 e. The molecule has 0 saturated heterocycles. The summed E-state index contributed by atoms with van der Waals surface area (Å²) in [4.78, 5) is 27.6. The maximum atomic E-state index is 12.1. The van der Waals surface area contributed by atoms with Gasteiger partial charge in [-0.2, -0.15) is 0 Å².